The fraction of sp³-hybridized carbons (Fsp3) is 0.417. The van der Waals surface area contributed by atoms with Crippen LogP contribution in [0.15, 0.2) is 48.5 Å². The van der Waals surface area contributed by atoms with Gasteiger partial charge in [0.1, 0.15) is 5.82 Å². The normalized spacial score (nSPS) is 18.7. The first-order valence-corrected chi connectivity index (χ1v) is 10.5. The SMILES string of the molecule is O=C1CCCN1c1ccc(CNC(=O)C2(c3cccc(F)c3)CCCCC2)cc1. The molecule has 1 aliphatic carbocycles. The Morgan fingerprint density at radius 1 is 1.03 bits per heavy atom. The summed E-state index contributed by atoms with van der Waals surface area (Å²) in [6, 6.07) is 14.3. The van der Waals surface area contributed by atoms with Crippen LogP contribution in [0.3, 0.4) is 0 Å². The van der Waals surface area contributed by atoms with Crippen molar-refractivity contribution in [1.29, 1.82) is 0 Å². The number of amides is 2. The molecule has 5 heteroatoms. The maximum Gasteiger partial charge on any atom is 0.230 e. The molecule has 2 aromatic carbocycles. The average molecular weight is 394 g/mol. The van der Waals surface area contributed by atoms with E-state index in [0.29, 0.717) is 13.0 Å². The smallest absolute Gasteiger partial charge is 0.230 e. The topological polar surface area (TPSA) is 49.4 Å². The van der Waals surface area contributed by atoms with Crippen LogP contribution >= 0.6 is 0 Å². The van der Waals surface area contributed by atoms with Crippen molar-refractivity contribution >= 4 is 17.5 Å². The zero-order chi connectivity index (χ0) is 20.3. The summed E-state index contributed by atoms with van der Waals surface area (Å²) < 4.78 is 13.8. The zero-order valence-corrected chi connectivity index (χ0v) is 16.6. The van der Waals surface area contributed by atoms with E-state index >= 15 is 0 Å². The van der Waals surface area contributed by atoms with E-state index in [2.05, 4.69) is 5.32 Å². The first-order chi connectivity index (χ1) is 14.1. The van der Waals surface area contributed by atoms with Crippen LogP contribution in [0.4, 0.5) is 10.1 Å². The number of carbonyl (C=O) groups excluding carboxylic acids is 2. The van der Waals surface area contributed by atoms with Gasteiger partial charge in [0, 0.05) is 25.2 Å². The maximum atomic E-state index is 13.8. The van der Waals surface area contributed by atoms with E-state index in [0.717, 1.165) is 61.9 Å². The minimum Gasteiger partial charge on any atom is -0.351 e. The standard InChI is InChI=1S/C24H27FN2O2/c25-20-7-4-6-19(16-20)24(13-2-1-3-14-24)23(29)26-17-18-9-11-21(12-10-18)27-15-5-8-22(27)28/h4,6-7,9-12,16H,1-3,5,8,13-15,17H2,(H,26,29). The molecule has 2 amide bonds. The van der Waals surface area contributed by atoms with Gasteiger partial charge in [-0.1, -0.05) is 43.5 Å². The lowest BCUT2D eigenvalue weighted by atomic mass is 9.68. The molecule has 152 valence electrons. The lowest BCUT2D eigenvalue weighted by Gasteiger charge is -2.36. The van der Waals surface area contributed by atoms with E-state index < -0.39 is 5.41 Å². The second-order valence-corrected chi connectivity index (χ2v) is 8.15. The summed E-state index contributed by atoms with van der Waals surface area (Å²) >= 11 is 0. The number of nitrogens with zero attached hydrogens (tertiary/aromatic N) is 1. The average Bonchev–Trinajstić information content (AvgIpc) is 3.18. The molecule has 4 nitrogen and oxygen atoms in total. The zero-order valence-electron chi connectivity index (χ0n) is 16.6. The maximum absolute atomic E-state index is 13.8. The van der Waals surface area contributed by atoms with Gasteiger partial charge in [-0.2, -0.15) is 0 Å². The molecule has 4 rings (SSSR count). The summed E-state index contributed by atoms with van der Waals surface area (Å²) in [5.74, 6) is -0.158. The first-order valence-electron chi connectivity index (χ1n) is 10.5. The molecule has 0 spiro atoms. The predicted molar refractivity (Wildman–Crippen MR) is 111 cm³/mol. The molecule has 0 unspecified atom stereocenters. The lowest BCUT2D eigenvalue weighted by molar-refractivity contribution is -0.128. The highest BCUT2D eigenvalue weighted by Crippen LogP contribution is 2.40. The number of nitrogens with one attached hydrogen (secondary N) is 1. The third kappa shape index (κ3) is 4.04. The molecule has 2 fully saturated rings. The molecule has 2 aromatic rings. The van der Waals surface area contributed by atoms with Crippen LogP contribution < -0.4 is 10.2 Å². The van der Waals surface area contributed by atoms with Gasteiger partial charge in [-0.25, -0.2) is 4.39 Å². The second-order valence-electron chi connectivity index (χ2n) is 8.15. The van der Waals surface area contributed by atoms with Gasteiger partial charge in [0.05, 0.1) is 5.41 Å². The lowest BCUT2D eigenvalue weighted by Crippen LogP contribution is -2.45. The minimum absolute atomic E-state index is 0.0263. The Morgan fingerprint density at radius 2 is 1.79 bits per heavy atom. The molecule has 1 aliphatic heterocycles. The van der Waals surface area contributed by atoms with Crippen LogP contribution in [0.5, 0.6) is 0 Å². The molecule has 1 saturated carbocycles. The molecular formula is C24H27FN2O2. The Morgan fingerprint density at radius 3 is 2.45 bits per heavy atom. The number of carbonyl (C=O) groups is 2. The first kappa shape index (κ1) is 19.6. The monoisotopic (exact) mass is 394 g/mol. The van der Waals surface area contributed by atoms with Crippen molar-refractivity contribution in [2.45, 2.75) is 56.9 Å². The molecule has 29 heavy (non-hydrogen) atoms. The van der Waals surface area contributed by atoms with E-state index in [9.17, 15) is 14.0 Å². The van der Waals surface area contributed by atoms with Crippen LogP contribution in [-0.4, -0.2) is 18.4 Å². The third-order valence-electron chi connectivity index (χ3n) is 6.29. The van der Waals surface area contributed by atoms with E-state index in [-0.39, 0.29) is 17.6 Å². The Kier molecular flexibility index (Phi) is 5.65. The number of benzene rings is 2. The molecule has 0 bridgehead atoms. The summed E-state index contributed by atoms with van der Waals surface area (Å²) in [5, 5.41) is 3.08. The number of anilines is 1. The molecule has 1 heterocycles. The summed E-state index contributed by atoms with van der Waals surface area (Å²) in [7, 11) is 0. The fourth-order valence-corrected chi connectivity index (χ4v) is 4.65. The highest BCUT2D eigenvalue weighted by atomic mass is 19.1. The van der Waals surface area contributed by atoms with Gasteiger partial charge < -0.3 is 10.2 Å². The van der Waals surface area contributed by atoms with Crippen LogP contribution in [0.25, 0.3) is 0 Å². The van der Waals surface area contributed by atoms with Crippen molar-refractivity contribution in [3.05, 3.63) is 65.5 Å². The van der Waals surface area contributed by atoms with Gasteiger partial charge in [0.15, 0.2) is 0 Å². The molecule has 0 atom stereocenters. The van der Waals surface area contributed by atoms with Gasteiger partial charge >= 0.3 is 0 Å². The largest absolute Gasteiger partial charge is 0.351 e. The van der Waals surface area contributed by atoms with Gasteiger partial charge in [0.2, 0.25) is 11.8 Å². The van der Waals surface area contributed by atoms with Crippen molar-refractivity contribution in [3.63, 3.8) is 0 Å². The molecule has 0 aromatic heterocycles. The third-order valence-corrected chi connectivity index (χ3v) is 6.29. The van der Waals surface area contributed by atoms with E-state index in [1.807, 2.05) is 35.2 Å². The Balaban J connectivity index is 1.46. The Hall–Kier alpha value is -2.69. The van der Waals surface area contributed by atoms with Crippen molar-refractivity contribution in [1.82, 2.24) is 5.32 Å². The second kappa shape index (κ2) is 8.36. The Labute approximate surface area is 171 Å². The number of hydrogen-bond donors (Lipinski definition) is 1. The summed E-state index contributed by atoms with van der Waals surface area (Å²) in [4.78, 5) is 26.9. The van der Waals surface area contributed by atoms with Crippen LogP contribution in [-0.2, 0) is 21.5 Å². The summed E-state index contributed by atoms with van der Waals surface area (Å²) in [5.41, 5.74) is 2.02. The highest BCUT2D eigenvalue weighted by molar-refractivity contribution is 5.95. The minimum atomic E-state index is -0.651. The molecule has 0 radical (unpaired) electrons. The highest BCUT2D eigenvalue weighted by Gasteiger charge is 2.41. The van der Waals surface area contributed by atoms with Crippen LogP contribution in [0.1, 0.15) is 56.1 Å². The van der Waals surface area contributed by atoms with Gasteiger partial charge in [-0.05, 0) is 54.7 Å². The Bertz CT molecular complexity index is 888. The predicted octanol–water partition coefficient (Wildman–Crippen LogP) is 4.47. The van der Waals surface area contributed by atoms with E-state index in [1.54, 1.807) is 6.07 Å². The van der Waals surface area contributed by atoms with E-state index in [4.69, 9.17) is 0 Å². The summed E-state index contributed by atoms with van der Waals surface area (Å²) in [6.07, 6.45) is 6.07. The molecule has 1 saturated heterocycles. The van der Waals surface area contributed by atoms with Gasteiger partial charge in [-0.15, -0.1) is 0 Å². The quantitative estimate of drug-likeness (QED) is 0.813. The fourth-order valence-electron chi connectivity index (χ4n) is 4.65. The van der Waals surface area contributed by atoms with Crippen LogP contribution in [0, 0.1) is 5.82 Å². The number of hydrogen-bond acceptors (Lipinski definition) is 2. The van der Waals surface area contributed by atoms with Crippen molar-refractivity contribution in [2.24, 2.45) is 0 Å². The summed E-state index contributed by atoms with van der Waals surface area (Å²) in [6.45, 7) is 1.19. The van der Waals surface area contributed by atoms with Crippen molar-refractivity contribution < 1.29 is 14.0 Å². The van der Waals surface area contributed by atoms with E-state index in [1.165, 1.54) is 12.1 Å². The number of halogens is 1. The van der Waals surface area contributed by atoms with Gasteiger partial charge in [0.25, 0.3) is 0 Å². The molecule has 1 N–H and O–H groups in total. The molecule has 2 aliphatic rings. The number of rotatable bonds is 5. The molecular weight excluding hydrogens is 367 g/mol. The van der Waals surface area contributed by atoms with Gasteiger partial charge in [-0.3, -0.25) is 9.59 Å². The van der Waals surface area contributed by atoms with Crippen molar-refractivity contribution in [3.8, 4) is 0 Å². The van der Waals surface area contributed by atoms with Crippen LogP contribution in [0.2, 0.25) is 0 Å². The van der Waals surface area contributed by atoms with Crippen molar-refractivity contribution in [2.75, 3.05) is 11.4 Å².